The van der Waals surface area contributed by atoms with Gasteiger partial charge in [-0.05, 0) is 37.5 Å². The Labute approximate surface area is 173 Å². The van der Waals surface area contributed by atoms with Gasteiger partial charge in [-0.2, -0.15) is 0 Å². The number of carbonyl (C=O) groups excluding carboxylic acids is 4. The maximum absolute atomic E-state index is 12.9. The average Bonchev–Trinajstić information content (AvgIpc) is 3.21. The number of hydrogen-bond donors (Lipinski definition) is 0. The highest BCUT2D eigenvalue weighted by atomic mass is 16.5. The lowest BCUT2D eigenvalue weighted by Crippen LogP contribution is -2.46. The maximum Gasteiger partial charge on any atom is 0.341 e. The van der Waals surface area contributed by atoms with E-state index in [0.717, 1.165) is 4.90 Å². The molecule has 0 radical (unpaired) electrons. The van der Waals surface area contributed by atoms with Crippen molar-refractivity contribution in [2.75, 3.05) is 7.11 Å². The third kappa shape index (κ3) is 3.98. The smallest absolute Gasteiger partial charge is 0.341 e. The Balaban J connectivity index is 1.78. The highest BCUT2D eigenvalue weighted by Crippen LogP contribution is 2.28. The number of furan rings is 1. The van der Waals surface area contributed by atoms with Crippen LogP contribution in [0.15, 0.2) is 34.7 Å². The van der Waals surface area contributed by atoms with Crippen LogP contribution in [0.1, 0.15) is 62.9 Å². The molecule has 30 heavy (non-hydrogen) atoms. The van der Waals surface area contributed by atoms with Crippen LogP contribution in [0.25, 0.3) is 0 Å². The number of aryl methyl sites for hydroxylation is 1. The molecule has 0 unspecified atom stereocenters. The minimum atomic E-state index is -1.06. The number of ether oxygens (including phenoxy) is 2. The SMILES string of the molecule is COC(=O)c1cc(COC(=O)[C@@H](CC(C)C)N2C(=O)c3ccccc3C2=O)oc1C. The van der Waals surface area contributed by atoms with Crippen LogP contribution in [0.4, 0.5) is 0 Å². The zero-order valence-corrected chi connectivity index (χ0v) is 17.3. The van der Waals surface area contributed by atoms with Gasteiger partial charge in [-0.15, -0.1) is 0 Å². The molecule has 0 N–H and O–H groups in total. The molecule has 1 aromatic heterocycles. The molecule has 1 aromatic carbocycles. The summed E-state index contributed by atoms with van der Waals surface area (Å²) in [6.07, 6.45) is 0.259. The van der Waals surface area contributed by atoms with Crippen molar-refractivity contribution in [3.8, 4) is 0 Å². The van der Waals surface area contributed by atoms with E-state index in [0.29, 0.717) is 5.76 Å². The van der Waals surface area contributed by atoms with E-state index < -0.39 is 29.8 Å². The van der Waals surface area contributed by atoms with Crippen LogP contribution in [-0.4, -0.2) is 41.8 Å². The summed E-state index contributed by atoms with van der Waals surface area (Å²) in [5.41, 5.74) is 0.782. The van der Waals surface area contributed by atoms with Crippen LogP contribution in [0.2, 0.25) is 0 Å². The molecule has 1 aliphatic rings. The van der Waals surface area contributed by atoms with Gasteiger partial charge < -0.3 is 13.9 Å². The van der Waals surface area contributed by atoms with Crippen molar-refractivity contribution in [3.05, 3.63) is 58.5 Å². The molecule has 1 aliphatic heterocycles. The normalized spacial score (nSPS) is 14.1. The van der Waals surface area contributed by atoms with E-state index in [9.17, 15) is 19.2 Å². The summed E-state index contributed by atoms with van der Waals surface area (Å²) in [7, 11) is 1.26. The zero-order chi connectivity index (χ0) is 22.0. The van der Waals surface area contributed by atoms with Gasteiger partial charge in [0.05, 0.1) is 18.2 Å². The van der Waals surface area contributed by atoms with Crippen LogP contribution in [0.3, 0.4) is 0 Å². The second-order valence-electron chi connectivity index (χ2n) is 7.45. The Kier molecular flexibility index (Phi) is 6.05. The van der Waals surface area contributed by atoms with Crippen molar-refractivity contribution in [3.63, 3.8) is 0 Å². The Morgan fingerprint density at radius 2 is 1.70 bits per heavy atom. The summed E-state index contributed by atoms with van der Waals surface area (Å²) in [5.74, 6) is -1.67. The van der Waals surface area contributed by atoms with E-state index in [2.05, 4.69) is 4.74 Å². The molecule has 1 atom stereocenters. The first kappa shape index (κ1) is 21.3. The fourth-order valence-electron chi connectivity index (χ4n) is 3.41. The van der Waals surface area contributed by atoms with Gasteiger partial charge in [0, 0.05) is 0 Å². The molecule has 8 nitrogen and oxygen atoms in total. The predicted molar refractivity (Wildman–Crippen MR) is 105 cm³/mol. The standard InChI is InChI=1S/C22H23NO7/c1-12(2)9-18(23-19(24)15-7-5-6-8-16(15)20(23)25)22(27)29-11-14-10-17(13(3)30-14)21(26)28-4/h5-8,10,12,18H,9,11H2,1-4H3/t18-/m1/s1. The van der Waals surface area contributed by atoms with E-state index >= 15 is 0 Å². The van der Waals surface area contributed by atoms with Gasteiger partial charge in [-0.25, -0.2) is 9.59 Å². The van der Waals surface area contributed by atoms with Crippen molar-refractivity contribution >= 4 is 23.8 Å². The molecule has 0 saturated carbocycles. The predicted octanol–water partition coefficient (Wildman–Crippen LogP) is 3.13. The van der Waals surface area contributed by atoms with Gasteiger partial charge in [0.1, 0.15) is 29.7 Å². The lowest BCUT2D eigenvalue weighted by Gasteiger charge is -2.25. The highest BCUT2D eigenvalue weighted by Gasteiger charge is 2.43. The van der Waals surface area contributed by atoms with Crippen molar-refractivity contribution in [2.24, 2.45) is 5.92 Å². The van der Waals surface area contributed by atoms with Gasteiger partial charge >= 0.3 is 11.9 Å². The molecule has 2 aromatic rings. The van der Waals surface area contributed by atoms with Crippen molar-refractivity contribution in [1.82, 2.24) is 4.90 Å². The fourth-order valence-corrected chi connectivity index (χ4v) is 3.41. The summed E-state index contributed by atoms with van der Waals surface area (Å²) in [5, 5.41) is 0. The largest absolute Gasteiger partial charge is 0.465 e. The van der Waals surface area contributed by atoms with E-state index in [-0.39, 0.29) is 41.4 Å². The monoisotopic (exact) mass is 413 g/mol. The van der Waals surface area contributed by atoms with Crippen molar-refractivity contribution in [1.29, 1.82) is 0 Å². The fraction of sp³-hybridized carbons (Fsp3) is 0.364. The highest BCUT2D eigenvalue weighted by molar-refractivity contribution is 6.22. The second-order valence-corrected chi connectivity index (χ2v) is 7.45. The molecule has 158 valence electrons. The molecular weight excluding hydrogens is 390 g/mol. The van der Waals surface area contributed by atoms with Gasteiger partial charge in [0.25, 0.3) is 11.8 Å². The molecule has 2 amide bonds. The molecule has 0 saturated heterocycles. The Morgan fingerprint density at radius 1 is 1.10 bits per heavy atom. The summed E-state index contributed by atoms with van der Waals surface area (Å²) in [4.78, 5) is 51.1. The summed E-state index contributed by atoms with van der Waals surface area (Å²) in [6, 6.07) is 6.84. The first-order valence-corrected chi connectivity index (χ1v) is 9.55. The number of methoxy groups -OCH3 is 1. The van der Waals surface area contributed by atoms with Crippen LogP contribution >= 0.6 is 0 Å². The molecule has 0 bridgehead atoms. The summed E-state index contributed by atoms with van der Waals surface area (Å²) in [6.45, 7) is 5.13. The Bertz CT molecular complexity index is 970. The van der Waals surface area contributed by atoms with Crippen LogP contribution in [0, 0.1) is 12.8 Å². The third-order valence-electron chi connectivity index (χ3n) is 4.83. The third-order valence-corrected chi connectivity index (χ3v) is 4.83. The Hall–Kier alpha value is -3.42. The van der Waals surface area contributed by atoms with Gasteiger partial charge in [-0.3, -0.25) is 14.5 Å². The number of nitrogens with zero attached hydrogens (tertiary/aromatic N) is 1. The van der Waals surface area contributed by atoms with Crippen molar-refractivity contribution < 1.29 is 33.1 Å². The van der Waals surface area contributed by atoms with Crippen LogP contribution in [0.5, 0.6) is 0 Å². The molecule has 2 heterocycles. The first-order chi connectivity index (χ1) is 14.2. The summed E-state index contributed by atoms with van der Waals surface area (Å²) >= 11 is 0. The number of carbonyl (C=O) groups is 4. The van der Waals surface area contributed by atoms with Crippen LogP contribution < -0.4 is 0 Å². The van der Waals surface area contributed by atoms with Gasteiger partial charge in [0.15, 0.2) is 0 Å². The topological polar surface area (TPSA) is 103 Å². The number of esters is 2. The molecule has 8 heteroatoms. The second kappa shape index (κ2) is 8.52. The lowest BCUT2D eigenvalue weighted by molar-refractivity contribution is -0.150. The number of rotatable bonds is 7. The quantitative estimate of drug-likeness (QED) is 0.507. The number of imide groups is 1. The number of amides is 2. The molecule has 0 fully saturated rings. The van der Waals surface area contributed by atoms with Crippen LogP contribution in [-0.2, 0) is 20.9 Å². The van der Waals surface area contributed by atoms with E-state index in [1.165, 1.54) is 13.2 Å². The lowest BCUT2D eigenvalue weighted by atomic mass is 10.0. The van der Waals surface area contributed by atoms with Crippen molar-refractivity contribution in [2.45, 2.75) is 39.8 Å². The van der Waals surface area contributed by atoms with E-state index in [1.54, 1.807) is 31.2 Å². The summed E-state index contributed by atoms with van der Waals surface area (Å²) < 4.78 is 15.5. The number of benzene rings is 1. The number of fused-ring (bicyclic) bond motifs is 1. The van der Waals surface area contributed by atoms with E-state index in [1.807, 2.05) is 13.8 Å². The van der Waals surface area contributed by atoms with Gasteiger partial charge in [-0.1, -0.05) is 26.0 Å². The average molecular weight is 413 g/mol. The minimum Gasteiger partial charge on any atom is -0.465 e. The molecule has 3 rings (SSSR count). The molecule has 0 spiro atoms. The zero-order valence-electron chi connectivity index (χ0n) is 17.3. The first-order valence-electron chi connectivity index (χ1n) is 9.55. The Morgan fingerprint density at radius 3 is 2.23 bits per heavy atom. The van der Waals surface area contributed by atoms with E-state index in [4.69, 9.17) is 9.15 Å². The maximum atomic E-state index is 12.9. The molecule has 0 aliphatic carbocycles. The number of hydrogen-bond acceptors (Lipinski definition) is 7. The molecular formula is C22H23NO7. The van der Waals surface area contributed by atoms with Gasteiger partial charge in [0.2, 0.25) is 0 Å². The minimum absolute atomic E-state index is 0.0312.